The highest BCUT2D eigenvalue weighted by molar-refractivity contribution is 5.35. The second-order valence-corrected chi connectivity index (χ2v) is 5.49. The molecule has 1 saturated carbocycles. The normalized spacial score (nSPS) is 17.2. The van der Waals surface area contributed by atoms with E-state index < -0.39 is 0 Å². The van der Waals surface area contributed by atoms with E-state index in [9.17, 15) is 0 Å². The Labute approximate surface area is 110 Å². The molecule has 0 aliphatic heterocycles. The van der Waals surface area contributed by atoms with Crippen molar-refractivity contribution in [2.75, 3.05) is 0 Å². The standard InChI is InChI=1S/C18H20/c1-14-10-12-17(13-11-14)18(16-8-5-9-16)15-6-3-2-4-7-15/h2-4,6-7,10-13,16,18H,5,8-9H2,1H3. The van der Waals surface area contributed by atoms with E-state index in [1.807, 2.05) is 0 Å². The van der Waals surface area contributed by atoms with Crippen LogP contribution in [0.1, 0.15) is 41.9 Å². The summed E-state index contributed by atoms with van der Waals surface area (Å²) in [6.45, 7) is 2.16. The molecule has 18 heavy (non-hydrogen) atoms. The zero-order valence-electron chi connectivity index (χ0n) is 11.0. The van der Waals surface area contributed by atoms with Crippen molar-refractivity contribution in [3.8, 4) is 0 Å². The minimum Gasteiger partial charge on any atom is -0.0622 e. The van der Waals surface area contributed by atoms with Gasteiger partial charge in [0.05, 0.1) is 0 Å². The van der Waals surface area contributed by atoms with E-state index in [2.05, 4.69) is 61.5 Å². The predicted octanol–water partition coefficient (Wildman–Crippen LogP) is 4.93. The molecule has 1 fully saturated rings. The highest BCUT2D eigenvalue weighted by atomic mass is 14.3. The summed E-state index contributed by atoms with van der Waals surface area (Å²) in [4.78, 5) is 0. The molecular weight excluding hydrogens is 216 g/mol. The molecule has 0 N–H and O–H groups in total. The van der Waals surface area contributed by atoms with Gasteiger partial charge in [0.2, 0.25) is 0 Å². The molecule has 2 aromatic rings. The summed E-state index contributed by atoms with van der Waals surface area (Å²) < 4.78 is 0. The number of hydrogen-bond acceptors (Lipinski definition) is 0. The Kier molecular flexibility index (Phi) is 3.19. The Morgan fingerprint density at radius 3 is 2.00 bits per heavy atom. The van der Waals surface area contributed by atoms with E-state index in [0.29, 0.717) is 5.92 Å². The van der Waals surface area contributed by atoms with Crippen molar-refractivity contribution in [1.29, 1.82) is 0 Å². The molecule has 0 heteroatoms. The van der Waals surface area contributed by atoms with E-state index >= 15 is 0 Å². The third-order valence-electron chi connectivity index (χ3n) is 4.22. The van der Waals surface area contributed by atoms with Crippen molar-refractivity contribution in [3.63, 3.8) is 0 Å². The van der Waals surface area contributed by atoms with Gasteiger partial charge in [-0.1, -0.05) is 66.6 Å². The maximum Gasteiger partial charge on any atom is 0.0118 e. The van der Waals surface area contributed by atoms with Crippen LogP contribution in [0, 0.1) is 12.8 Å². The van der Waals surface area contributed by atoms with Gasteiger partial charge >= 0.3 is 0 Å². The molecule has 2 aromatic carbocycles. The summed E-state index contributed by atoms with van der Waals surface area (Å²) in [6.07, 6.45) is 4.17. The Morgan fingerprint density at radius 2 is 1.44 bits per heavy atom. The van der Waals surface area contributed by atoms with E-state index in [0.717, 1.165) is 5.92 Å². The third-order valence-corrected chi connectivity index (χ3v) is 4.22. The van der Waals surface area contributed by atoms with Crippen molar-refractivity contribution in [2.24, 2.45) is 5.92 Å². The highest BCUT2D eigenvalue weighted by Gasteiger charge is 2.29. The van der Waals surface area contributed by atoms with Gasteiger partial charge in [0.1, 0.15) is 0 Å². The topological polar surface area (TPSA) is 0 Å². The molecule has 1 atom stereocenters. The Balaban J connectivity index is 1.97. The van der Waals surface area contributed by atoms with Gasteiger partial charge in [-0.3, -0.25) is 0 Å². The number of rotatable bonds is 3. The van der Waals surface area contributed by atoms with Crippen LogP contribution in [-0.2, 0) is 0 Å². The molecule has 0 nitrogen and oxygen atoms in total. The summed E-state index contributed by atoms with van der Waals surface area (Å²) in [7, 11) is 0. The van der Waals surface area contributed by atoms with Gasteiger partial charge in [0.15, 0.2) is 0 Å². The first-order valence-electron chi connectivity index (χ1n) is 6.96. The zero-order chi connectivity index (χ0) is 12.4. The molecule has 1 aliphatic rings. The molecule has 0 amide bonds. The summed E-state index contributed by atoms with van der Waals surface area (Å²) in [6, 6.07) is 20.1. The lowest BCUT2D eigenvalue weighted by Crippen LogP contribution is -2.21. The second kappa shape index (κ2) is 4.97. The van der Waals surface area contributed by atoms with Gasteiger partial charge in [-0.25, -0.2) is 0 Å². The summed E-state index contributed by atoms with van der Waals surface area (Å²) in [5, 5.41) is 0. The lowest BCUT2D eigenvalue weighted by Gasteiger charge is -2.34. The van der Waals surface area contributed by atoms with Crippen molar-refractivity contribution in [3.05, 3.63) is 71.3 Å². The van der Waals surface area contributed by atoms with Gasteiger partial charge in [0.25, 0.3) is 0 Å². The lowest BCUT2D eigenvalue weighted by molar-refractivity contribution is 0.284. The molecule has 0 bridgehead atoms. The van der Waals surface area contributed by atoms with Gasteiger partial charge < -0.3 is 0 Å². The fourth-order valence-electron chi connectivity index (χ4n) is 2.94. The van der Waals surface area contributed by atoms with Gasteiger partial charge in [-0.2, -0.15) is 0 Å². The van der Waals surface area contributed by atoms with E-state index in [1.54, 1.807) is 0 Å². The van der Waals surface area contributed by atoms with Crippen LogP contribution in [-0.4, -0.2) is 0 Å². The van der Waals surface area contributed by atoms with E-state index in [-0.39, 0.29) is 0 Å². The van der Waals surface area contributed by atoms with Gasteiger partial charge in [0, 0.05) is 5.92 Å². The number of hydrogen-bond donors (Lipinski definition) is 0. The zero-order valence-corrected chi connectivity index (χ0v) is 11.0. The highest BCUT2D eigenvalue weighted by Crippen LogP contribution is 2.43. The average molecular weight is 236 g/mol. The minimum atomic E-state index is 0.598. The van der Waals surface area contributed by atoms with Crippen LogP contribution in [0.2, 0.25) is 0 Å². The van der Waals surface area contributed by atoms with Crippen molar-refractivity contribution < 1.29 is 0 Å². The molecule has 0 radical (unpaired) electrons. The molecular formula is C18H20. The molecule has 3 rings (SSSR count). The predicted molar refractivity (Wildman–Crippen MR) is 76.8 cm³/mol. The first-order valence-corrected chi connectivity index (χ1v) is 6.96. The quantitative estimate of drug-likeness (QED) is 0.709. The van der Waals surface area contributed by atoms with Crippen LogP contribution in [0.3, 0.4) is 0 Å². The van der Waals surface area contributed by atoms with Crippen LogP contribution in [0.15, 0.2) is 54.6 Å². The molecule has 92 valence electrons. The fourth-order valence-corrected chi connectivity index (χ4v) is 2.94. The maximum atomic E-state index is 2.31. The van der Waals surface area contributed by atoms with Crippen molar-refractivity contribution in [2.45, 2.75) is 32.1 Å². The lowest BCUT2D eigenvalue weighted by atomic mass is 9.70. The van der Waals surface area contributed by atoms with Crippen LogP contribution in [0.5, 0.6) is 0 Å². The van der Waals surface area contributed by atoms with E-state index in [4.69, 9.17) is 0 Å². The van der Waals surface area contributed by atoms with Gasteiger partial charge in [-0.05, 0) is 36.8 Å². The minimum absolute atomic E-state index is 0.598. The Bertz CT molecular complexity index is 491. The van der Waals surface area contributed by atoms with E-state index in [1.165, 1.54) is 36.0 Å². The monoisotopic (exact) mass is 236 g/mol. The third kappa shape index (κ3) is 2.20. The molecule has 0 heterocycles. The molecule has 0 saturated heterocycles. The average Bonchev–Trinajstić information content (AvgIpc) is 2.36. The fraction of sp³-hybridized carbons (Fsp3) is 0.333. The first-order chi connectivity index (χ1) is 8.84. The molecule has 0 aromatic heterocycles. The SMILES string of the molecule is Cc1ccc(C(c2ccccc2)C2CCC2)cc1. The first kappa shape index (κ1) is 11.5. The number of aryl methyl sites for hydroxylation is 1. The molecule has 1 unspecified atom stereocenters. The second-order valence-electron chi connectivity index (χ2n) is 5.49. The van der Waals surface area contributed by atoms with Crippen molar-refractivity contribution in [1.82, 2.24) is 0 Å². The molecule has 0 spiro atoms. The van der Waals surface area contributed by atoms with Crippen LogP contribution >= 0.6 is 0 Å². The molecule has 1 aliphatic carbocycles. The van der Waals surface area contributed by atoms with Crippen LogP contribution in [0.4, 0.5) is 0 Å². The summed E-state index contributed by atoms with van der Waals surface area (Å²) >= 11 is 0. The van der Waals surface area contributed by atoms with Crippen molar-refractivity contribution >= 4 is 0 Å². The Morgan fingerprint density at radius 1 is 0.833 bits per heavy atom. The summed E-state index contributed by atoms with van der Waals surface area (Å²) in [5.41, 5.74) is 4.31. The summed E-state index contributed by atoms with van der Waals surface area (Å²) in [5.74, 6) is 1.44. The Hall–Kier alpha value is -1.56. The maximum absolute atomic E-state index is 2.31. The van der Waals surface area contributed by atoms with Crippen LogP contribution < -0.4 is 0 Å². The smallest absolute Gasteiger partial charge is 0.0118 e. The van der Waals surface area contributed by atoms with Crippen LogP contribution in [0.25, 0.3) is 0 Å². The largest absolute Gasteiger partial charge is 0.0622 e. The number of benzene rings is 2. The van der Waals surface area contributed by atoms with Gasteiger partial charge in [-0.15, -0.1) is 0 Å².